The van der Waals surface area contributed by atoms with Crippen molar-refractivity contribution in [3.05, 3.63) is 101 Å². The van der Waals surface area contributed by atoms with Gasteiger partial charge in [-0.2, -0.15) is 4.31 Å². The summed E-state index contributed by atoms with van der Waals surface area (Å²) in [5.41, 5.74) is 1.97. The first-order valence-corrected chi connectivity index (χ1v) is 12.0. The van der Waals surface area contributed by atoms with Crippen molar-refractivity contribution in [3.63, 3.8) is 0 Å². The number of carbonyl (C=O) groups excluding carboxylic acids is 1. The van der Waals surface area contributed by atoms with Crippen LogP contribution in [0.15, 0.2) is 83.8 Å². The summed E-state index contributed by atoms with van der Waals surface area (Å²) >= 11 is 6.31. The van der Waals surface area contributed by atoms with Crippen LogP contribution >= 0.6 is 11.6 Å². The molecule has 31 heavy (non-hydrogen) atoms. The van der Waals surface area contributed by atoms with E-state index >= 15 is 0 Å². The number of hydrogen-bond acceptors (Lipinski definition) is 3. The summed E-state index contributed by atoms with van der Waals surface area (Å²) in [7, 11) is -3.65. The summed E-state index contributed by atoms with van der Waals surface area (Å²) in [4.78, 5) is 13.3. The van der Waals surface area contributed by atoms with E-state index in [1.165, 1.54) is 22.5 Å². The molecule has 1 aliphatic rings. The lowest BCUT2D eigenvalue weighted by molar-refractivity contribution is 0.0943. The Morgan fingerprint density at radius 3 is 1.97 bits per heavy atom. The average Bonchev–Trinajstić information content (AvgIpc) is 3.35. The highest BCUT2D eigenvalue weighted by molar-refractivity contribution is 7.89. The summed E-state index contributed by atoms with van der Waals surface area (Å²) in [6.07, 6.45) is 1.69. The first-order valence-electron chi connectivity index (χ1n) is 10.2. The molecule has 3 aromatic rings. The van der Waals surface area contributed by atoms with E-state index in [2.05, 4.69) is 5.32 Å². The molecule has 1 fully saturated rings. The predicted molar refractivity (Wildman–Crippen MR) is 122 cm³/mol. The van der Waals surface area contributed by atoms with Crippen LogP contribution in [0, 0.1) is 0 Å². The van der Waals surface area contributed by atoms with Crippen LogP contribution in [0.3, 0.4) is 0 Å². The third-order valence-corrected chi connectivity index (χ3v) is 7.65. The molecule has 1 saturated heterocycles. The molecular weight excluding hydrogens is 432 g/mol. The third kappa shape index (κ3) is 4.66. The predicted octanol–water partition coefficient (Wildman–Crippen LogP) is 4.64. The van der Waals surface area contributed by atoms with Crippen LogP contribution in [0.4, 0.5) is 0 Å². The van der Waals surface area contributed by atoms with Crippen molar-refractivity contribution in [1.82, 2.24) is 9.62 Å². The number of nitrogens with zero attached hydrogens (tertiary/aromatic N) is 1. The van der Waals surface area contributed by atoms with Crippen LogP contribution in [0.5, 0.6) is 0 Å². The van der Waals surface area contributed by atoms with Crippen LogP contribution in [-0.4, -0.2) is 31.7 Å². The van der Waals surface area contributed by atoms with Gasteiger partial charge in [-0.3, -0.25) is 4.79 Å². The van der Waals surface area contributed by atoms with Gasteiger partial charge in [0.2, 0.25) is 10.0 Å². The molecule has 5 nitrogen and oxygen atoms in total. The monoisotopic (exact) mass is 454 g/mol. The van der Waals surface area contributed by atoms with Gasteiger partial charge in [-0.1, -0.05) is 72.3 Å². The lowest BCUT2D eigenvalue weighted by Crippen LogP contribution is -2.30. The van der Waals surface area contributed by atoms with Crippen molar-refractivity contribution >= 4 is 27.5 Å². The Kier molecular flexibility index (Phi) is 6.41. The Hall–Kier alpha value is -2.67. The van der Waals surface area contributed by atoms with E-state index in [1.807, 2.05) is 60.7 Å². The van der Waals surface area contributed by atoms with Crippen LogP contribution in [-0.2, 0) is 10.0 Å². The van der Waals surface area contributed by atoms with E-state index in [9.17, 15) is 13.2 Å². The number of hydrogen-bond donors (Lipinski definition) is 1. The van der Waals surface area contributed by atoms with Crippen LogP contribution in [0.25, 0.3) is 0 Å². The molecule has 7 heteroatoms. The van der Waals surface area contributed by atoms with Gasteiger partial charge in [0.15, 0.2) is 0 Å². The minimum atomic E-state index is -3.65. The van der Waals surface area contributed by atoms with Crippen LogP contribution in [0.2, 0.25) is 5.02 Å². The number of sulfonamides is 1. The molecule has 4 rings (SSSR count). The van der Waals surface area contributed by atoms with Crippen LogP contribution < -0.4 is 5.32 Å². The molecule has 0 aromatic heterocycles. The molecule has 0 aliphatic carbocycles. The highest BCUT2D eigenvalue weighted by Crippen LogP contribution is 2.27. The number of rotatable bonds is 6. The van der Waals surface area contributed by atoms with Crippen molar-refractivity contribution in [2.75, 3.05) is 13.1 Å². The van der Waals surface area contributed by atoms with E-state index in [1.54, 1.807) is 0 Å². The van der Waals surface area contributed by atoms with Crippen molar-refractivity contribution in [1.29, 1.82) is 0 Å². The summed E-state index contributed by atoms with van der Waals surface area (Å²) in [5.74, 6) is -0.429. The minimum Gasteiger partial charge on any atom is -0.341 e. The molecule has 0 bridgehead atoms. The summed E-state index contributed by atoms with van der Waals surface area (Å²) in [6.45, 7) is 0.993. The van der Waals surface area contributed by atoms with Gasteiger partial charge in [-0.05, 0) is 42.2 Å². The summed E-state index contributed by atoms with van der Waals surface area (Å²) < 4.78 is 27.3. The average molecular weight is 455 g/mol. The van der Waals surface area contributed by atoms with E-state index in [0.29, 0.717) is 13.1 Å². The number of nitrogens with one attached hydrogen (secondary N) is 1. The Bertz CT molecular complexity index is 1120. The first-order chi connectivity index (χ1) is 15.0. The maximum absolute atomic E-state index is 13.2. The summed E-state index contributed by atoms with van der Waals surface area (Å²) in [5, 5.41) is 3.23. The number of amides is 1. The molecule has 1 aliphatic heterocycles. The zero-order valence-electron chi connectivity index (χ0n) is 16.9. The maximum atomic E-state index is 13.2. The van der Waals surface area contributed by atoms with Gasteiger partial charge in [0.05, 0.1) is 21.5 Å². The summed E-state index contributed by atoms with van der Waals surface area (Å²) in [6, 6.07) is 23.1. The molecule has 0 atom stereocenters. The highest BCUT2D eigenvalue weighted by atomic mass is 35.5. The fraction of sp³-hybridized carbons (Fsp3) is 0.208. The Morgan fingerprint density at radius 2 is 1.42 bits per heavy atom. The fourth-order valence-corrected chi connectivity index (χ4v) is 5.52. The SMILES string of the molecule is O=C(NC(c1ccccc1)c1ccccc1)c1cc(S(=O)(=O)N2CCCC2)ccc1Cl. The Morgan fingerprint density at radius 1 is 0.871 bits per heavy atom. The standard InChI is InChI=1S/C24H23ClN2O3S/c25-22-14-13-20(31(29,30)27-15-7-8-16-27)17-21(22)24(28)26-23(18-9-3-1-4-10-18)19-11-5-2-6-12-19/h1-6,9-14,17,23H,7-8,15-16H2,(H,26,28). The second kappa shape index (κ2) is 9.22. The van der Waals surface area contributed by atoms with E-state index < -0.39 is 22.0 Å². The molecule has 0 unspecified atom stereocenters. The van der Waals surface area contributed by atoms with Crippen molar-refractivity contribution in [3.8, 4) is 0 Å². The van der Waals surface area contributed by atoms with Crippen LogP contribution in [0.1, 0.15) is 40.4 Å². The second-order valence-electron chi connectivity index (χ2n) is 7.48. The van der Waals surface area contributed by atoms with E-state index in [0.717, 1.165) is 24.0 Å². The molecule has 1 N–H and O–H groups in total. The number of benzene rings is 3. The largest absolute Gasteiger partial charge is 0.341 e. The zero-order chi connectivity index (χ0) is 21.8. The van der Waals surface area contributed by atoms with Crippen molar-refractivity contribution in [2.45, 2.75) is 23.8 Å². The van der Waals surface area contributed by atoms with Gasteiger partial charge in [-0.15, -0.1) is 0 Å². The quantitative estimate of drug-likeness (QED) is 0.589. The molecule has 0 radical (unpaired) electrons. The molecule has 1 heterocycles. The second-order valence-corrected chi connectivity index (χ2v) is 9.83. The Balaban J connectivity index is 1.67. The molecular formula is C24H23ClN2O3S. The van der Waals surface area contributed by atoms with Gasteiger partial charge in [0.25, 0.3) is 5.91 Å². The zero-order valence-corrected chi connectivity index (χ0v) is 18.4. The van der Waals surface area contributed by atoms with Gasteiger partial charge in [-0.25, -0.2) is 8.42 Å². The maximum Gasteiger partial charge on any atom is 0.253 e. The molecule has 0 saturated carbocycles. The topological polar surface area (TPSA) is 66.5 Å². The third-order valence-electron chi connectivity index (χ3n) is 5.43. The van der Waals surface area contributed by atoms with Crippen molar-refractivity contribution < 1.29 is 13.2 Å². The van der Waals surface area contributed by atoms with E-state index in [4.69, 9.17) is 11.6 Å². The van der Waals surface area contributed by atoms with Gasteiger partial charge in [0, 0.05) is 13.1 Å². The molecule has 160 valence electrons. The normalized spacial score (nSPS) is 14.6. The minimum absolute atomic E-state index is 0.0833. The van der Waals surface area contributed by atoms with Gasteiger partial charge < -0.3 is 5.32 Å². The molecule has 0 spiro atoms. The smallest absolute Gasteiger partial charge is 0.253 e. The number of halogens is 1. The van der Waals surface area contributed by atoms with Crippen molar-refractivity contribution in [2.24, 2.45) is 0 Å². The number of carbonyl (C=O) groups is 1. The fourth-order valence-electron chi connectivity index (χ4n) is 3.78. The van der Waals surface area contributed by atoms with Gasteiger partial charge >= 0.3 is 0 Å². The van der Waals surface area contributed by atoms with Gasteiger partial charge in [0.1, 0.15) is 0 Å². The Labute approximate surface area is 187 Å². The lowest BCUT2D eigenvalue weighted by Gasteiger charge is -2.21. The molecule has 1 amide bonds. The highest BCUT2D eigenvalue weighted by Gasteiger charge is 2.29. The first kappa shape index (κ1) is 21.6. The van der Waals surface area contributed by atoms with E-state index in [-0.39, 0.29) is 15.5 Å². The molecule has 3 aromatic carbocycles. The lowest BCUT2D eigenvalue weighted by atomic mass is 9.98.